The van der Waals surface area contributed by atoms with Crippen LogP contribution >= 0.6 is 0 Å². The molecule has 0 radical (unpaired) electrons. The van der Waals surface area contributed by atoms with Gasteiger partial charge in [-0.05, 0) is 43.7 Å². The number of nitrogens with zero attached hydrogens (tertiary/aromatic N) is 2. The van der Waals surface area contributed by atoms with Crippen molar-refractivity contribution < 1.29 is 15.0 Å². The van der Waals surface area contributed by atoms with Gasteiger partial charge in [-0.1, -0.05) is 29.8 Å². The molecule has 28 heavy (non-hydrogen) atoms. The molecule has 0 bridgehead atoms. The Morgan fingerprint density at radius 3 is 2.46 bits per heavy atom. The number of carboxylic acids is 1. The fourth-order valence-corrected chi connectivity index (χ4v) is 2.74. The van der Waals surface area contributed by atoms with E-state index in [-0.39, 0.29) is 22.5 Å². The third-order valence-electron chi connectivity index (χ3n) is 4.12. The number of aryl methyl sites for hydroxylation is 1. The number of aromatic carboxylic acids is 1. The summed E-state index contributed by atoms with van der Waals surface area (Å²) < 4.78 is 0.965. The zero-order valence-corrected chi connectivity index (χ0v) is 15.1. The summed E-state index contributed by atoms with van der Waals surface area (Å²) in [6.45, 7) is 3.35. The fourth-order valence-electron chi connectivity index (χ4n) is 2.74. The first-order chi connectivity index (χ1) is 13.3. The highest BCUT2D eigenvalue weighted by molar-refractivity contribution is 6.02. The molecule has 3 aromatic rings. The lowest BCUT2D eigenvalue weighted by Crippen LogP contribution is -2.32. The lowest BCUT2D eigenvalue weighted by Gasteiger charge is -2.12. The van der Waals surface area contributed by atoms with Gasteiger partial charge in [0.1, 0.15) is 5.56 Å². The Hall–Kier alpha value is -3.94. The third kappa shape index (κ3) is 3.61. The number of aromatic nitrogens is 2. The normalized spacial score (nSPS) is 11.4. The van der Waals surface area contributed by atoms with Gasteiger partial charge in [0.2, 0.25) is 5.88 Å². The van der Waals surface area contributed by atoms with E-state index < -0.39 is 23.1 Å². The van der Waals surface area contributed by atoms with Crippen LogP contribution in [0.25, 0.3) is 5.69 Å². The minimum Gasteiger partial charge on any atom is -0.545 e. The first-order valence-corrected chi connectivity index (χ1v) is 8.30. The number of carbonyl (C=O) groups excluding carboxylic acids is 1. The van der Waals surface area contributed by atoms with E-state index in [9.17, 15) is 24.6 Å². The van der Waals surface area contributed by atoms with Crippen LogP contribution in [-0.4, -0.2) is 26.3 Å². The van der Waals surface area contributed by atoms with E-state index in [0.29, 0.717) is 5.69 Å². The summed E-state index contributed by atoms with van der Waals surface area (Å²) in [5.74, 6) is -1.92. The van der Waals surface area contributed by atoms with Gasteiger partial charge in [-0.2, -0.15) is 0 Å². The van der Waals surface area contributed by atoms with Crippen LogP contribution in [0.4, 0.5) is 5.69 Å². The van der Waals surface area contributed by atoms with E-state index >= 15 is 0 Å². The lowest BCUT2D eigenvalue weighted by molar-refractivity contribution is -0.255. The SMILES string of the molecule is CC(=Nc1cccc(C(=O)[O-])c1)c1c(O)n(-c2ccc(C)cc2)c(=O)[nH]c1=O. The molecule has 0 saturated heterocycles. The van der Waals surface area contributed by atoms with Gasteiger partial charge in [-0.15, -0.1) is 0 Å². The minimum atomic E-state index is -1.36. The van der Waals surface area contributed by atoms with Crippen LogP contribution in [0.15, 0.2) is 63.1 Å². The third-order valence-corrected chi connectivity index (χ3v) is 4.12. The second-order valence-corrected chi connectivity index (χ2v) is 6.16. The molecule has 0 atom stereocenters. The van der Waals surface area contributed by atoms with Gasteiger partial charge in [0.25, 0.3) is 5.56 Å². The highest BCUT2D eigenvalue weighted by atomic mass is 16.4. The van der Waals surface area contributed by atoms with Crippen LogP contribution < -0.4 is 16.4 Å². The summed E-state index contributed by atoms with van der Waals surface area (Å²) in [6, 6.07) is 12.4. The van der Waals surface area contributed by atoms with E-state index in [1.807, 2.05) is 6.92 Å². The Bertz CT molecular complexity index is 1200. The topological polar surface area (TPSA) is 128 Å². The van der Waals surface area contributed by atoms with Crippen LogP contribution in [0, 0.1) is 6.92 Å². The predicted octanol–water partition coefficient (Wildman–Crippen LogP) is 1.04. The maximum Gasteiger partial charge on any atom is 0.335 e. The van der Waals surface area contributed by atoms with E-state index in [2.05, 4.69) is 9.98 Å². The Kier molecular flexibility index (Phi) is 4.95. The zero-order chi connectivity index (χ0) is 20.4. The zero-order valence-electron chi connectivity index (χ0n) is 15.1. The van der Waals surface area contributed by atoms with Crippen molar-refractivity contribution in [1.82, 2.24) is 9.55 Å². The number of aliphatic imine (C=N–C) groups is 1. The molecule has 0 spiro atoms. The Balaban J connectivity index is 2.16. The van der Waals surface area contributed by atoms with Crippen molar-refractivity contribution in [3.63, 3.8) is 0 Å². The molecular formula is C20H16N3O5-. The van der Waals surface area contributed by atoms with Crippen molar-refractivity contribution in [2.24, 2.45) is 4.99 Å². The van der Waals surface area contributed by atoms with E-state index in [0.717, 1.165) is 10.1 Å². The number of rotatable bonds is 4. The second kappa shape index (κ2) is 7.36. The number of carbonyl (C=O) groups is 1. The van der Waals surface area contributed by atoms with Crippen molar-refractivity contribution in [2.45, 2.75) is 13.8 Å². The largest absolute Gasteiger partial charge is 0.545 e. The number of H-pyrrole nitrogens is 1. The maximum absolute atomic E-state index is 12.3. The number of hydrogen-bond acceptors (Lipinski definition) is 6. The van der Waals surface area contributed by atoms with Crippen molar-refractivity contribution in [3.05, 3.63) is 86.1 Å². The maximum atomic E-state index is 12.3. The molecule has 2 N–H and O–H groups in total. The standard InChI is InChI=1S/C20H17N3O5/c1-11-6-8-15(9-7-11)23-18(25)16(17(24)22-20(23)28)12(2)21-14-5-3-4-13(10-14)19(26)27/h3-10,25H,1-2H3,(H,26,27)(H,22,24,28)/p-1. The number of nitrogens with one attached hydrogen (secondary N) is 1. The molecule has 1 aromatic heterocycles. The molecular weight excluding hydrogens is 362 g/mol. The quantitative estimate of drug-likeness (QED) is 0.656. The number of carboxylic acid groups (broad SMARTS) is 1. The molecule has 0 unspecified atom stereocenters. The van der Waals surface area contributed by atoms with E-state index in [1.54, 1.807) is 24.3 Å². The van der Waals surface area contributed by atoms with Crippen molar-refractivity contribution in [2.75, 3.05) is 0 Å². The van der Waals surface area contributed by atoms with E-state index in [4.69, 9.17) is 0 Å². The molecule has 142 valence electrons. The molecule has 2 aromatic carbocycles. The molecule has 0 aliphatic carbocycles. The van der Waals surface area contributed by atoms with E-state index in [1.165, 1.54) is 31.2 Å². The summed E-state index contributed by atoms with van der Waals surface area (Å²) >= 11 is 0. The van der Waals surface area contributed by atoms with Crippen LogP contribution in [-0.2, 0) is 0 Å². The van der Waals surface area contributed by atoms with Gasteiger partial charge in [0, 0.05) is 0 Å². The van der Waals surface area contributed by atoms with Crippen molar-refractivity contribution in [1.29, 1.82) is 0 Å². The van der Waals surface area contributed by atoms with Crippen LogP contribution in [0.2, 0.25) is 0 Å². The second-order valence-electron chi connectivity index (χ2n) is 6.16. The first-order valence-electron chi connectivity index (χ1n) is 8.30. The van der Waals surface area contributed by atoms with Gasteiger partial charge >= 0.3 is 5.69 Å². The van der Waals surface area contributed by atoms with Gasteiger partial charge in [0.05, 0.1) is 23.1 Å². The smallest absolute Gasteiger partial charge is 0.335 e. The monoisotopic (exact) mass is 378 g/mol. The molecule has 8 nitrogen and oxygen atoms in total. The molecule has 8 heteroatoms. The fraction of sp³-hybridized carbons (Fsp3) is 0.100. The molecule has 0 amide bonds. The number of aromatic hydroxyl groups is 1. The van der Waals surface area contributed by atoms with Crippen LogP contribution in [0.5, 0.6) is 5.88 Å². The number of hydrogen-bond donors (Lipinski definition) is 2. The molecule has 0 saturated carbocycles. The molecule has 3 rings (SSSR count). The summed E-state index contributed by atoms with van der Waals surface area (Å²) in [4.78, 5) is 41.9. The minimum absolute atomic E-state index is 0.0724. The van der Waals surface area contributed by atoms with Gasteiger partial charge < -0.3 is 15.0 Å². The summed E-state index contributed by atoms with van der Waals surface area (Å²) in [5, 5.41) is 21.6. The van der Waals surface area contributed by atoms with Gasteiger partial charge in [0.15, 0.2) is 0 Å². The molecule has 0 fully saturated rings. The predicted molar refractivity (Wildman–Crippen MR) is 102 cm³/mol. The van der Waals surface area contributed by atoms with Gasteiger partial charge in [-0.3, -0.25) is 14.8 Å². The Morgan fingerprint density at radius 1 is 1.14 bits per heavy atom. The van der Waals surface area contributed by atoms with Gasteiger partial charge in [-0.25, -0.2) is 9.36 Å². The lowest BCUT2D eigenvalue weighted by atomic mass is 10.1. The number of aromatic amines is 1. The van der Waals surface area contributed by atoms with Crippen LogP contribution in [0.3, 0.4) is 0 Å². The Labute approximate surface area is 159 Å². The molecule has 0 aliphatic heterocycles. The molecule has 0 aliphatic rings. The Morgan fingerprint density at radius 2 is 1.82 bits per heavy atom. The summed E-state index contributed by atoms with van der Waals surface area (Å²) in [6.07, 6.45) is 0. The highest BCUT2D eigenvalue weighted by Crippen LogP contribution is 2.20. The average molecular weight is 378 g/mol. The number of benzene rings is 2. The summed E-state index contributed by atoms with van der Waals surface area (Å²) in [7, 11) is 0. The highest BCUT2D eigenvalue weighted by Gasteiger charge is 2.18. The van der Waals surface area contributed by atoms with Crippen molar-refractivity contribution in [3.8, 4) is 11.6 Å². The van der Waals surface area contributed by atoms with Crippen molar-refractivity contribution >= 4 is 17.4 Å². The molecule has 1 heterocycles. The summed E-state index contributed by atoms with van der Waals surface area (Å²) in [5.41, 5.74) is -0.161. The first kappa shape index (κ1) is 18.8. The average Bonchev–Trinajstić information content (AvgIpc) is 2.63. The van der Waals surface area contributed by atoms with Crippen LogP contribution in [0.1, 0.15) is 28.4 Å².